The molecule has 0 aliphatic rings. The van der Waals surface area contributed by atoms with Gasteiger partial charge in [-0.1, -0.05) is 170 Å². The molecule has 0 unspecified atom stereocenters. The minimum absolute atomic E-state index is 0.693. The van der Waals surface area contributed by atoms with Crippen molar-refractivity contribution in [1.29, 1.82) is 0 Å². The van der Waals surface area contributed by atoms with E-state index in [0.29, 0.717) is 5.82 Å². The smallest absolute Gasteiger partial charge is 0.160 e. The van der Waals surface area contributed by atoms with Crippen molar-refractivity contribution in [3.63, 3.8) is 0 Å². The lowest BCUT2D eigenvalue weighted by atomic mass is 10.0. The SMILES string of the molecule is Cc1cc2c(c3ccccc3n2-c2ccccc2)c2c1c1cc(-n3c4ccccc4c4c3ccc3c5c(-c6cc(-c7ccccc7)nc(-c7ccccc7)n6)cccc5n(-c5ccccc5)c34)ccc1n2-c1ccccc1. The Hall–Kier alpha value is -10.3. The standard InChI is InChI=1S/C71H46N6/c1-45-42-64-68(54-33-18-19-35-59(54)74(64)48-26-11-4-12-27-48)70-65(45)56-43-51(38-40-61(56)76(70)49-28-13-5-14-29-49)75-60-36-20-17-32-53(60)67-63(75)41-39-55-66-52(34-21-37-62(66)77(69(55)67)50-30-15-6-16-31-50)58-44-57(46-22-7-2-8-23-46)72-71(73-58)47-24-9-3-10-25-47/h2-44H,1H3. The van der Waals surface area contributed by atoms with E-state index in [1.807, 2.05) is 12.1 Å². The Labute approximate surface area is 443 Å². The lowest BCUT2D eigenvalue weighted by Crippen LogP contribution is -1.97. The summed E-state index contributed by atoms with van der Waals surface area (Å²) in [6.07, 6.45) is 0. The van der Waals surface area contributed by atoms with Gasteiger partial charge >= 0.3 is 0 Å². The van der Waals surface area contributed by atoms with E-state index in [9.17, 15) is 0 Å². The van der Waals surface area contributed by atoms with Crippen LogP contribution in [0.2, 0.25) is 0 Å². The van der Waals surface area contributed by atoms with E-state index in [1.165, 1.54) is 54.4 Å². The molecule has 77 heavy (non-hydrogen) atoms. The summed E-state index contributed by atoms with van der Waals surface area (Å²) in [5, 5.41) is 9.63. The summed E-state index contributed by atoms with van der Waals surface area (Å²) in [4.78, 5) is 10.6. The highest BCUT2D eigenvalue weighted by Gasteiger charge is 2.26. The third-order valence-electron chi connectivity index (χ3n) is 15.8. The lowest BCUT2D eigenvalue weighted by molar-refractivity contribution is 1.16. The van der Waals surface area contributed by atoms with Crippen LogP contribution in [0.5, 0.6) is 0 Å². The van der Waals surface area contributed by atoms with Crippen molar-refractivity contribution in [3.8, 4) is 56.7 Å². The summed E-state index contributed by atoms with van der Waals surface area (Å²) >= 11 is 0. The number of rotatable bonds is 7. The summed E-state index contributed by atoms with van der Waals surface area (Å²) in [5.41, 5.74) is 19.8. The molecule has 0 radical (unpaired) electrons. The summed E-state index contributed by atoms with van der Waals surface area (Å²) in [6.45, 7) is 2.29. The Morgan fingerprint density at radius 1 is 0.273 bits per heavy atom. The lowest BCUT2D eigenvalue weighted by Gasteiger charge is -2.11. The van der Waals surface area contributed by atoms with E-state index < -0.39 is 0 Å². The van der Waals surface area contributed by atoms with Crippen LogP contribution in [-0.4, -0.2) is 28.2 Å². The maximum absolute atomic E-state index is 5.39. The first kappa shape index (κ1) is 43.1. The molecule has 6 nitrogen and oxygen atoms in total. The fourth-order valence-electron chi connectivity index (χ4n) is 12.7. The molecule has 0 spiro atoms. The summed E-state index contributed by atoms with van der Waals surface area (Å²) < 4.78 is 9.90. The third-order valence-corrected chi connectivity index (χ3v) is 15.8. The predicted molar refractivity (Wildman–Crippen MR) is 320 cm³/mol. The van der Waals surface area contributed by atoms with Crippen LogP contribution in [-0.2, 0) is 0 Å². The second-order valence-corrected chi connectivity index (χ2v) is 20.1. The Balaban J connectivity index is 0.990. The highest BCUT2D eigenvalue weighted by Crippen LogP contribution is 2.47. The Morgan fingerprint density at radius 2 is 0.753 bits per heavy atom. The Kier molecular flexibility index (Phi) is 9.45. The monoisotopic (exact) mass is 982 g/mol. The molecule has 0 aliphatic heterocycles. The fourth-order valence-corrected chi connectivity index (χ4v) is 12.7. The number of hydrogen-bond acceptors (Lipinski definition) is 2. The first-order chi connectivity index (χ1) is 38.2. The van der Waals surface area contributed by atoms with Crippen molar-refractivity contribution in [1.82, 2.24) is 28.2 Å². The average Bonchev–Trinajstić information content (AvgIpc) is 4.37. The van der Waals surface area contributed by atoms with Gasteiger partial charge in [-0.3, -0.25) is 0 Å². The molecule has 0 amide bonds. The molecule has 0 saturated carbocycles. The normalized spacial score (nSPS) is 12.0. The molecule has 0 bridgehead atoms. The Bertz CT molecular complexity index is 4950. The van der Waals surface area contributed by atoms with Gasteiger partial charge in [-0.25, -0.2) is 9.97 Å². The van der Waals surface area contributed by atoms with E-state index in [-0.39, 0.29) is 0 Å². The zero-order valence-electron chi connectivity index (χ0n) is 42.0. The molecule has 5 aromatic heterocycles. The summed E-state index contributed by atoms with van der Waals surface area (Å²) in [6, 6.07) is 94.1. The van der Waals surface area contributed by atoms with Gasteiger partial charge in [0, 0.05) is 82.5 Å². The second kappa shape index (κ2) is 16.9. The van der Waals surface area contributed by atoms with Crippen molar-refractivity contribution in [2.75, 3.05) is 0 Å². The minimum atomic E-state index is 0.693. The van der Waals surface area contributed by atoms with Gasteiger partial charge in [-0.2, -0.15) is 0 Å². The minimum Gasteiger partial charge on any atom is -0.309 e. The van der Waals surface area contributed by atoms with Gasteiger partial charge in [0.25, 0.3) is 0 Å². The molecule has 5 heterocycles. The topological polar surface area (TPSA) is 45.5 Å². The van der Waals surface area contributed by atoms with Crippen LogP contribution in [0.4, 0.5) is 0 Å². The predicted octanol–water partition coefficient (Wildman–Crippen LogP) is 18.2. The van der Waals surface area contributed by atoms with Gasteiger partial charge in [0.15, 0.2) is 5.82 Å². The zero-order valence-corrected chi connectivity index (χ0v) is 42.0. The fraction of sp³-hybridized carbons (Fsp3) is 0.0141. The van der Waals surface area contributed by atoms with Crippen LogP contribution in [0.1, 0.15) is 5.56 Å². The molecular weight excluding hydrogens is 937 g/mol. The number of nitrogens with zero attached hydrogens (tertiary/aromatic N) is 6. The molecule has 16 rings (SSSR count). The van der Waals surface area contributed by atoms with Gasteiger partial charge in [-0.15, -0.1) is 0 Å². The summed E-state index contributed by atoms with van der Waals surface area (Å²) in [7, 11) is 0. The molecule has 0 aliphatic carbocycles. The first-order valence-electron chi connectivity index (χ1n) is 26.3. The highest BCUT2D eigenvalue weighted by atomic mass is 15.0. The molecule has 16 aromatic rings. The maximum Gasteiger partial charge on any atom is 0.160 e. The molecular formula is C71H46N6. The van der Waals surface area contributed by atoms with E-state index >= 15 is 0 Å². The van der Waals surface area contributed by atoms with Crippen LogP contribution in [0.15, 0.2) is 261 Å². The molecule has 0 N–H and O–H groups in total. The third kappa shape index (κ3) is 6.42. The van der Waals surface area contributed by atoms with E-state index in [2.05, 4.69) is 274 Å². The maximum atomic E-state index is 5.39. The van der Waals surface area contributed by atoms with E-state index in [1.54, 1.807) is 0 Å². The average molecular weight is 983 g/mol. The van der Waals surface area contributed by atoms with Crippen molar-refractivity contribution in [2.45, 2.75) is 6.92 Å². The van der Waals surface area contributed by atoms with Crippen LogP contribution < -0.4 is 0 Å². The van der Waals surface area contributed by atoms with E-state index in [4.69, 9.17) is 9.97 Å². The van der Waals surface area contributed by atoms with E-state index in [0.717, 1.165) is 89.2 Å². The summed E-state index contributed by atoms with van der Waals surface area (Å²) in [5.74, 6) is 0.693. The van der Waals surface area contributed by atoms with Gasteiger partial charge < -0.3 is 18.3 Å². The quantitative estimate of drug-likeness (QED) is 0.160. The zero-order chi connectivity index (χ0) is 50.7. The number of benzene rings is 11. The first-order valence-corrected chi connectivity index (χ1v) is 26.3. The van der Waals surface area contributed by atoms with Crippen LogP contribution in [0, 0.1) is 6.92 Å². The second-order valence-electron chi connectivity index (χ2n) is 20.1. The molecule has 11 aromatic carbocycles. The van der Waals surface area contributed by atoms with Gasteiger partial charge in [-0.05, 0) is 103 Å². The van der Waals surface area contributed by atoms with Gasteiger partial charge in [0.1, 0.15) is 0 Å². The van der Waals surface area contributed by atoms with Crippen LogP contribution >= 0.6 is 0 Å². The highest BCUT2D eigenvalue weighted by molar-refractivity contribution is 6.29. The largest absolute Gasteiger partial charge is 0.309 e. The number of aromatic nitrogens is 6. The Morgan fingerprint density at radius 3 is 1.40 bits per heavy atom. The van der Waals surface area contributed by atoms with Gasteiger partial charge in [0.05, 0.1) is 55.5 Å². The molecule has 6 heteroatoms. The number of hydrogen-bond donors (Lipinski definition) is 0. The molecule has 0 fully saturated rings. The molecule has 360 valence electrons. The van der Waals surface area contributed by atoms with Crippen molar-refractivity contribution < 1.29 is 0 Å². The number of aryl methyl sites for hydroxylation is 1. The van der Waals surface area contributed by atoms with Crippen LogP contribution in [0.25, 0.3) is 144 Å². The molecule has 0 atom stereocenters. The van der Waals surface area contributed by atoms with Gasteiger partial charge in [0.2, 0.25) is 0 Å². The molecule has 0 saturated heterocycles. The van der Waals surface area contributed by atoms with Crippen molar-refractivity contribution in [3.05, 3.63) is 266 Å². The van der Waals surface area contributed by atoms with Crippen molar-refractivity contribution in [2.24, 2.45) is 0 Å². The number of fused-ring (bicyclic) bond motifs is 14. The van der Waals surface area contributed by atoms with Crippen LogP contribution in [0.3, 0.4) is 0 Å². The number of para-hydroxylation sites is 5. The van der Waals surface area contributed by atoms with Crippen molar-refractivity contribution >= 4 is 87.2 Å².